The monoisotopic (exact) mass is 307 g/mol. The SMILES string of the molecule is CCC(C)(C(NN)c1ccc(C(F)(F)F)c(F)c1)N(C)C. The fourth-order valence-electron chi connectivity index (χ4n) is 2.35. The molecule has 2 atom stereocenters. The first kappa shape index (κ1) is 17.9. The normalized spacial score (nSPS) is 16.9. The number of benzene rings is 1. The van der Waals surface area contributed by atoms with Gasteiger partial charge in [0.2, 0.25) is 0 Å². The molecule has 0 heterocycles. The lowest BCUT2D eigenvalue weighted by Gasteiger charge is -2.42. The summed E-state index contributed by atoms with van der Waals surface area (Å²) < 4.78 is 51.5. The molecule has 0 aliphatic carbocycles. The molecule has 0 fully saturated rings. The molecule has 0 bridgehead atoms. The van der Waals surface area contributed by atoms with Crippen LogP contribution in [0.4, 0.5) is 17.6 Å². The molecule has 0 amide bonds. The highest BCUT2D eigenvalue weighted by molar-refractivity contribution is 5.30. The van der Waals surface area contributed by atoms with Crippen LogP contribution in [0, 0.1) is 5.82 Å². The number of halogens is 4. The maximum Gasteiger partial charge on any atom is 0.419 e. The van der Waals surface area contributed by atoms with Crippen LogP contribution in [0.1, 0.15) is 37.4 Å². The van der Waals surface area contributed by atoms with Crippen molar-refractivity contribution in [2.24, 2.45) is 5.84 Å². The van der Waals surface area contributed by atoms with Crippen molar-refractivity contribution in [2.75, 3.05) is 14.1 Å². The van der Waals surface area contributed by atoms with Gasteiger partial charge >= 0.3 is 6.18 Å². The van der Waals surface area contributed by atoms with Crippen molar-refractivity contribution in [3.05, 3.63) is 35.1 Å². The second-order valence-corrected chi connectivity index (χ2v) is 5.44. The second kappa shape index (κ2) is 6.29. The van der Waals surface area contributed by atoms with Crippen LogP contribution in [0.15, 0.2) is 18.2 Å². The second-order valence-electron chi connectivity index (χ2n) is 5.44. The minimum Gasteiger partial charge on any atom is -0.302 e. The van der Waals surface area contributed by atoms with Crippen molar-refractivity contribution < 1.29 is 17.6 Å². The summed E-state index contributed by atoms with van der Waals surface area (Å²) >= 11 is 0. The number of likely N-dealkylation sites (N-methyl/N-ethyl adjacent to an activating group) is 1. The molecule has 0 radical (unpaired) electrons. The van der Waals surface area contributed by atoms with Gasteiger partial charge < -0.3 is 4.90 Å². The van der Waals surface area contributed by atoms with Gasteiger partial charge in [-0.15, -0.1) is 0 Å². The van der Waals surface area contributed by atoms with Crippen molar-refractivity contribution in [1.82, 2.24) is 10.3 Å². The fourth-order valence-corrected chi connectivity index (χ4v) is 2.35. The third-order valence-electron chi connectivity index (χ3n) is 4.16. The fraction of sp³-hybridized carbons (Fsp3) is 0.571. The summed E-state index contributed by atoms with van der Waals surface area (Å²) in [5.41, 5.74) is 1.22. The molecule has 0 spiro atoms. The smallest absolute Gasteiger partial charge is 0.302 e. The number of nitrogens with zero attached hydrogens (tertiary/aromatic N) is 1. The van der Waals surface area contributed by atoms with E-state index < -0.39 is 29.1 Å². The lowest BCUT2D eigenvalue weighted by molar-refractivity contribution is -0.140. The van der Waals surface area contributed by atoms with Crippen LogP contribution >= 0.6 is 0 Å². The van der Waals surface area contributed by atoms with Crippen LogP contribution in [-0.2, 0) is 6.18 Å². The number of hydrogen-bond acceptors (Lipinski definition) is 3. The number of rotatable bonds is 5. The maximum absolute atomic E-state index is 13.7. The van der Waals surface area contributed by atoms with Crippen molar-refractivity contribution in [1.29, 1.82) is 0 Å². The van der Waals surface area contributed by atoms with Gasteiger partial charge in [-0.1, -0.05) is 13.0 Å². The molecular formula is C14H21F4N3. The van der Waals surface area contributed by atoms with Crippen LogP contribution < -0.4 is 11.3 Å². The minimum atomic E-state index is -4.70. The van der Waals surface area contributed by atoms with Crippen molar-refractivity contribution in [3.8, 4) is 0 Å². The standard InChI is InChI=1S/C14H21F4N3/c1-5-13(2,21(3)4)12(20-19)9-6-7-10(11(15)8-9)14(16,17)18/h6-8,12,20H,5,19H2,1-4H3. The maximum atomic E-state index is 13.7. The number of hydrogen-bond donors (Lipinski definition) is 2. The van der Waals surface area contributed by atoms with E-state index in [1.165, 1.54) is 6.07 Å². The third-order valence-corrected chi connectivity index (χ3v) is 4.16. The molecule has 0 saturated carbocycles. The van der Waals surface area contributed by atoms with Gasteiger partial charge in [0.1, 0.15) is 5.82 Å². The van der Waals surface area contributed by atoms with Gasteiger partial charge in [0.25, 0.3) is 0 Å². The van der Waals surface area contributed by atoms with E-state index >= 15 is 0 Å². The average molecular weight is 307 g/mol. The van der Waals surface area contributed by atoms with Crippen LogP contribution in [0.3, 0.4) is 0 Å². The average Bonchev–Trinajstić information content (AvgIpc) is 2.37. The first-order valence-corrected chi connectivity index (χ1v) is 6.58. The Bertz CT molecular complexity index is 488. The summed E-state index contributed by atoms with van der Waals surface area (Å²) in [7, 11) is 3.68. The summed E-state index contributed by atoms with van der Waals surface area (Å²) in [5.74, 6) is 4.26. The predicted octanol–water partition coefficient (Wildman–Crippen LogP) is 3.08. The van der Waals surface area contributed by atoms with Crippen LogP contribution in [0.5, 0.6) is 0 Å². The van der Waals surface area contributed by atoms with Crippen LogP contribution in [-0.4, -0.2) is 24.5 Å². The van der Waals surface area contributed by atoms with E-state index in [1.54, 1.807) is 0 Å². The lowest BCUT2D eigenvalue weighted by atomic mass is 9.83. The molecular weight excluding hydrogens is 286 g/mol. The Morgan fingerprint density at radius 2 is 1.86 bits per heavy atom. The molecule has 120 valence electrons. The Morgan fingerprint density at radius 3 is 2.19 bits per heavy atom. The van der Waals surface area contributed by atoms with E-state index in [1.807, 2.05) is 32.8 Å². The molecule has 1 aromatic rings. The van der Waals surface area contributed by atoms with Crippen molar-refractivity contribution >= 4 is 0 Å². The van der Waals surface area contributed by atoms with Gasteiger partial charge in [-0.25, -0.2) is 4.39 Å². The number of alkyl halides is 3. The molecule has 0 aliphatic heterocycles. The molecule has 1 rings (SSSR count). The zero-order valence-corrected chi connectivity index (χ0v) is 12.6. The molecule has 0 saturated heterocycles. The van der Waals surface area contributed by atoms with Gasteiger partial charge in [-0.3, -0.25) is 11.3 Å². The van der Waals surface area contributed by atoms with E-state index in [0.29, 0.717) is 12.0 Å². The van der Waals surface area contributed by atoms with Crippen LogP contribution in [0.25, 0.3) is 0 Å². The number of nitrogens with two attached hydrogens (primary N) is 1. The van der Waals surface area contributed by atoms with E-state index in [2.05, 4.69) is 5.43 Å². The zero-order chi connectivity index (χ0) is 16.4. The highest BCUT2D eigenvalue weighted by Crippen LogP contribution is 2.36. The highest BCUT2D eigenvalue weighted by Gasteiger charge is 2.38. The molecule has 3 N–H and O–H groups in total. The lowest BCUT2D eigenvalue weighted by Crippen LogP contribution is -2.53. The van der Waals surface area contributed by atoms with E-state index in [-0.39, 0.29) is 0 Å². The summed E-state index contributed by atoms with van der Waals surface area (Å²) in [4.78, 5) is 1.91. The molecule has 0 aliphatic rings. The molecule has 7 heteroatoms. The summed E-state index contributed by atoms with van der Waals surface area (Å²) in [6.45, 7) is 3.85. The quantitative estimate of drug-likeness (QED) is 0.499. The predicted molar refractivity (Wildman–Crippen MR) is 73.8 cm³/mol. The van der Waals surface area contributed by atoms with Gasteiger partial charge in [-0.2, -0.15) is 13.2 Å². The summed E-state index contributed by atoms with van der Waals surface area (Å²) in [6, 6.07) is 2.40. The molecule has 21 heavy (non-hydrogen) atoms. The van der Waals surface area contributed by atoms with Gasteiger partial charge in [-0.05, 0) is 45.1 Å². The Hall–Kier alpha value is -1.18. The number of nitrogens with one attached hydrogen (secondary N) is 1. The molecule has 0 aromatic heterocycles. The number of hydrazine groups is 1. The Labute approximate surface area is 122 Å². The van der Waals surface area contributed by atoms with Gasteiger partial charge in [0.15, 0.2) is 0 Å². The first-order chi connectivity index (χ1) is 9.57. The molecule has 1 aromatic carbocycles. The van der Waals surface area contributed by atoms with Crippen LogP contribution in [0.2, 0.25) is 0 Å². The molecule has 3 nitrogen and oxygen atoms in total. The minimum absolute atomic E-state index is 0.376. The molecule has 2 unspecified atom stereocenters. The first-order valence-electron chi connectivity index (χ1n) is 6.58. The topological polar surface area (TPSA) is 41.3 Å². The third kappa shape index (κ3) is 3.53. The summed E-state index contributed by atoms with van der Waals surface area (Å²) in [5, 5.41) is 0. The van der Waals surface area contributed by atoms with Crippen molar-refractivity contribution in [2.45, 2.75) is 38.0 Å². The summed E-state index contributed by atoms with van der Waals surface area (Å²) in [6.07, 6.45) is -4.03. The van der Waals surface area contributed by atoms with E-state index in [0.717, 1.165) is 12.1 Å². The van der Waals surface area contributed by atoms with Gasteiger partial charge in [0, 0.05) is 5.54 Å². The largest absolute Gasteiger partial charge is 0.419 e. The van der Waals surface area contributed by atoms with Crippen molar-refractivity contribution in [3.63, 3.8) is 0 Å². The Morgan fingerprint density at radius 1 is 1.29 bits per heavy atom. The van der Waals surface area contributed by atoms with E-state index in [9.17, 15) is 17.6 Å². The van der Waals surface area contributed by atoms with E-state index in [4.69, 9.17) is 5.84 Å². The van der Waals surface area contributed by atoms with Gasteiger partial charge in [0.05, 0.1) is 11.6 Å². The zero-order valence-electron chi connectivity index (χ0n) is 12.6. The highest BCUT2D eigenvalue weighted by atomic mass is 19.4. The Balaban J connectivity index is 3.28. The Kier molecular flexibility index (Phi) is 5.35.